The Hall–Kier alpha value is -2.69. The lowest BCUT2D eigenvalue weighted by Gasteiger charge is -2.16. The van der Waals surface area contributed by atoms with Crippen LogP contribution in [0.15, 0.2) is 30.3 Å². The lowest BCUT2D eigenvalue weighted by Crippen LogP contribution is -2.24. The number of rotatable bonds is 6. The van der Waals surface area contributed by atoms with Gasteiger partial charge in [0.25, 0.3) is 5.91 Å². The SMILES string of the molecule is COc1ccc(CNC(=O)c2cc(C)ccc2C)c(OC)c1OC. The average Bonchev–Trinajstić information content (AvgIpc) is 2.60. The van der Waals surface area contributed by atoms with Crippen molar-refractivity contribution in [3.63, 3.8) is 0 Å². The molecular weight excluding hydrogens is 306 g/mol. The zero-order valence-electron chi connectivity index (χ0n) is 14.7. The van der Waals surface area contributed by atoms with Gasteiger partial charge in [0.05, 0.1) is 21.3 Å². The number of benzene rings is 2. The molecule has 0 aliphatic rings. The predicted octanol–water partition coefficient (Wildman–Crippen LogP) is 3.26. The molecular formula is C19H23NO4. The number of ether oxygens (including phenoxy) is 3. The van der Waals surface area contributed by atoms with Crippen LogP contribution >= 0.6 is 0 Å². The van der Waals surface area contributed by atoms with Gasteiger partial charge in [0.2, 0.25) is 5.75 Å². The second-order valence-electron chi connectivity index (χ2n) is 5.49. The molecule has 24 heavy (non-hydrogen) atoms. The van der Waals surface area contributed by atoms with Crippen LogP contribution in [0.25, 0.3) is 0 Å². The van der Waals surface area contributed by atoms with E-state index in [0.29, 0.717) is 29.4 Å². The second kappa shape index (κ2) is 7.73. The number of nitrogens with one attached hydrogen (secondary N) is 1. The van der Waals surface area contributed by atoms with Gasteiger partial charge < -0.3 is 19.5 Å². The second-order valence-corrected chi connectivity index (χ2v) is 5.49. The number of amides is 1. The summed E-state index contributed by atoms with van der Waals surface area (Å²) >= 11 is 0. The molecule has 1 amide bonds. The van der Waals surface area contributed by atoms with Gasteiger partial charge >= 0.3 is 0 Å². The first-order chi connectivity index (χ1) is 11.5. The van der Waals surface area contributed by atoms with E-state index in [4.69, 9.17) is 14.2 Å². The van der Waals surface area contributed by atoms with E-state index in [-0.39, 0.29) is 5.91 Å². The van der Waals surface area contributed by atoms with Gasteiger partial charge in [0.15, 0.2) is 11.5 Å². The van der Waals surface area contributed by atoms with Crippen LogP contribution in [-0.4, -0.2) is 27.2 Å². The minimum atomic E-state index is -0.118. The fraction of sp³-hybridized carbons (Fsp3) is 0.316. The Kier molecular flexibility index (Phi) is 5.68. The first-order valence-electron chi connectivity index (χ1n) is 7.65. The lowest BCUT2D eigenvalue weighted by atomic mass is 10.0. The largest absolute Gasteiger partial charge is 0.493 e. The summed E-state index contributed by atoms with van der Waals surface area (Å²) in [5.74, 6) is 1.53. The third kappa shape index (κ3) is 3.62. The zero-order chi connectivity index (χ0) is 17.7. The monoisotopic (exact) mass is 329 g/mol. The van der Waals surface area contributed by atoms with Gasteiger partial charge in [0, 0.05) is 17.7 Å². The highest BCUT2D eigenvalue weighted by atomic mass is 16.5. The molecule has 0 atom stereocenters. The van der Waals surface area contributed by atoms with Crippen LogP contribution in [0.3, 0.4) is 0 Å². The topological polar surface area (TPSA) is 56.8 Å². The van der Waals surface area contributed by atoms with Crippen LogP contribution in [0.2, 0.25) is 0 Å². The van der Waals surface area contributed by atoms with Gasteiger partial charge in [-0.2, -0.15) is 0 Å². The van der Waals surface area contributed by atoms with Crippen LogP contribution in [0.4, 0.5) is 0 Å². The molecule has 2 aromatic carbocycles. The summed E-state index contributed by atoms with van der Waals surface area (Å²) in [5.41, 5.74) is 3.48. The molecule has 5 heteroatoms. The van der Waals surface area contributed by atoms with E-state index >= 15 is 0 Å². The number of carbonyl (C=O) groups is 1. The molecule has 0 saturated heterocycles. The first-order valence-corrected chi connectivity index (χ1v) is 7.65. The van der Waals surface area contributed by atoms with E-state index in [1.165, 1.54) is 0 Å². The number of aryl methyl sites for hydroxylation is 2. The highest BCUT2D eigenvalue weighted by Crippen LogP contribution is 2.39. The molecule has 2 rings (SSSR count). The van der Waals surface area contributed by atoms with Crippen molar-refractivity contribution < 1.29 is 19.0 Å². The summed E-state index contributed by atoms with van der Waals surface area (Å²) in [5, 5.41) is 2.93. The Morgan fingerprint density at radius 1 is 0.958 bits per heavy atom. The third-order valence-corrected chi connectivity index (χ3v) is 3.86. The summed E-state index contributed by atoms with van der Waals surface area (Å²) in [6.45, 7) is 4.22. The van der Waals surface area contributed by atoms with Crippen LogP contribution in [-0.2, 0) is 6.54 Å². The Balaban J connectivity index is 2.23. The third-order valence-electron chi connectivity index (χ3n) is 3.86. The molecule has 2 aromatic rings. The first kappa shape index (κ1) is 17.7. The Morgan fingerprint density at radius 3 is 2.29 bits per heavy atom. The highest BCUT2D eigenvalue weighted by Gasteiger charge is 2.17. The van der Waals surface area contributed by atoms with Crippen molar-refractivity contribution in [2.24, 2.45) is 0 Å². The van der Waals surface area contributed by atoms with Gasteiger partial charge in [-0.3, -0.25) is 4.79 Å². The summed E-state index contributed by atoms with van der Waals surface area (Å²) in [4.78, 5) is 12.5. The molecule has 0 bridgehead atoms. The number of hydrogen-bond acceptors (Lipinski definition) is 4. The molecule has 0 aliphatic heterocycles. The fourth-order valence-corrected chi connectivity index (χ4v) is 2.55. The van der Waals surface area contributed by atoms with E-state index in [1.54, 1.807) is 27.4 Å². The predicted molar refractivity (Wildman–Crippen MR) is 93.2 cm³/mol. The molecule has 0 heterocycles. The lowest BCUT2D eigenvalue weighted by molar-refractivity contribution is 0.0950. The van der Waals surface area contributed by atoms with Crippen molar-refractivity contribution in [3.05, 3.63) is 52.6 Å². The van der Waals surface area contributed by atoms with Crippen LogP contribution in [0, 0.1) is 13.8 Å². The summed E-state index contributed by atoms with van der Waals surface area (Å²) in [7, 11) is 4.69. The fourth-order valence-electron chi connectivity index (χ4n) is 2.55. The number of methoxy groups -OCH3 is 3. The van der Waals surface area contributed by atoms with E-state index in [0.717, 1.165) is 16.7 Å². The molecule has 5 nitrogen and oxygen atoms in total. The summed E-state index contributed by atoms with van der Waals surface area (Å²) in [6.07, 6.45) is 0. The Morgan fingerprint density at radius 2 is 1.67 bits per heavy atom. The van der Waals surface area contributed by atoms with Gasteiger partial charge in [-0.15, -0.1) is 0 Å². The molecule has 0 saturated carbocycles. The van der Waals surface area contributed by atoms with Crippen LogP contribution in [0.1, 0.15) is 27.0 Å². The quantitative estimate of drug-likeness (QED) is 0.884. The van der Waals surface area contributed by atoms with Crippen molar-refractivity contribution >= 4 is 5.91 Å². The standard InChI is InChI=1S/C19H23NO4/c1-12-6-7-13(2)15(10-12)19(21)20-11-14-8-9-16(22-3)18(24-5)17(14)23-4/h6-10H,11H2,1-5H3,(H,20,21). The molecule has 0 unspecified atom stereocenters. The number of hydrogen-bond donors (Lipinski definition) is 1. The Bertz CT molecular complexity index is 740. The minimum Gasteiger partial charge on any atom is -0.493 e. The zero-order valence-corrected chi connectivity index (χ0v) is 14.7. The maximum absolute atomic E-state index is 12.5. The molecule has 0 aromatic heterocycles. The molecule has 0 radical (unpaired) electrons. The van der Waals surface area contributed by atoms with E-state index in [9.17, 15) is 4.79 Å². The van der Waals surface area contributed by atoms with Crippen molar-refractivity contribution in [3.8, 4) is 17.2 Å². The summed E-state index contributed by atoms with van der Waals surface area (Å²) < 4.78 is 16.1. The van der Waals surface area contributed by atoms with E-state index in [1.807, 2.05) is 38.1 Å². The number of carbonyl (C=O) groups excluding carboxylic acids is 1. The molecule has 0 fully saturated rings. The van der Waals surface area contributed by atoms with Gasteiger partial charge in [-0.25, -0.2) is 0 Å². The van der Waals surface area contributed by atoms with Crippen molar-refractivity contribution in [2.45, 2.75) is 20.4 Å². The maximum Gasteiger partial charge on any atom is 0.251 e. The minimum absolute atomic E-state index is 0.118. The summed E-state index contributed by atoms with van der Waals surface area (Å²) in [6, 6.07) is 9.46. The van der Waals surface area contributed by atoms with E-state index < -0.39 is 0 Å². The van der Waals surface area contributed by atoms with Gasteiger partial charge in [-0.1, -0.05) is 17.7 Å². The molecule has 1 N–H and O–H groups in total. The van der Waals surface area contributed by atoms with Crippen molar-refractivity contribution in [1.29, 1.82) is 0 Å². The van der Waals surface area contributed by atoms with Gasteiger partial charge in [-0.05, 0) is 37.6 Å². The Labute approximate surface area is 142 Å². The normalized spacial score (nSPS) is 10.2. The molecule has 128 valence electrons. The van der Waals surface area contributed by atoms with E-state index in [2.05, 4.69) is 5.32 Å². The van der Waals surface area contributed by atoms with Crippen LogP contribution < -0.4 is 19.5 Å². The van der Waals surface area contributed by atoms with Crippen molar-refractivity contribution in [1.82, 2.24) is 5.32 Å². The molecule has 0 spiro atoms. The van der Waals surface area contributed by atoms with Crippen molar-refractivity contribution in [2.75, 3.05) is 21.3 Å². The average molecular weight is 329 g/mol. The molecule has 0 aliphatic carbocycles. The maximum atomic E-state index is 12.5. The van der Waals surface area contributed by atoms with Gasteiger partial charge in [0.1, 0.15) is 0 Å². The van der Waals surface area contributed by atoms with Crippen LogP contribution in [0.5, 0.6) is 17.2 Å². The smallest absolute Gasteiger partial charge is 0.251 e. The highest BCUT2D eigenvalue weighted by molar-refractivity contribution is 5.95.